The topological polar surface area (TPSA) is 113 Å². The largest absolute Gasteiger partial charge is 0.381 e. The van der Waals surface area contributed by atoms with Gasteiger partial charge in [0.1, 0.15) is 10.6 Å². The quantitative estimate of drug-likeness (QED) is 0.337. The Labute approximate surface area is 191 Å². The summed E-state index contributed by atoms with van der Waals surface area (Å²) in [5.74, 6) is 0.481. The fourth-order valence-electron chi connectivity index (χ4n) is 3.38. The molecule has 1 amide bonds. The van der Waals surface area contributed by atoms with Crippen LogP contribution in [0.25, 0.3) is 11.0 Å². The van der Waals surface area contributed by atoms with Crippen LogP contribution in [-0.4, -0.2) is 24.3 Å². The highest BCUT2D eigenvalue weighted by atomic mass is 32.2. The molecule has 8 nitrogen and oxygen atoms in total. The third-order valence-electron chi connectivity index (χ3n) is 5.33. The maximum absolute atomic E-state index is 12.7. The van der Waals surface area contributed by atoms with Gasteiger partial charge in [0.05, 0.1) is 11.0 Å². The second-order valence-corrected chi connectivity index (χ2v) is 9.48. The molecule has 0 atom stereocenters. The van der Waals surface area contributed by atoms with Crippen molar-refractivity contribution < 1.29 is 17.4 Å². The highest BCUT2D eigenvalue weighted by Crippen LogP contribution is 2.30. The molecule has 168 valence electrons. The second kappa shape index (κ2) is 8.59. The minimum atomic E-state index is -4.01. The molecule has 1 fully saturated rings. The molecule has 1 saturated carbocycles. The SMILES string of the molecule is O=C(Nc1nc2ccc(OS(=O)(=O)c3ccc(NCc4ccccc4)cc3)cc2[nH]1)C1CC1. The number of anilines is 2. The summed E-state index contributed by atoms with van der Waals surface area (Å²) in [4.78, 5) is 19.3. The van der Waals surface area contributed by atoms with E-state index in [2.05, 4.69) is 20.6 Å². The van der Waals surface area contributed by atoms with Gasteiger partial charge >= 0.3 is 10.1 Å². The van der Waals surface area contributed by atoms with Gasteiger partial charge in [-0.1, -0.05) is 30.3 Å². The Morgan fingerprint density at radius 1 is 1.03 bits per heavy atom. The van der Waals surface area contributed by atoms with E-state index in [1.165, 1.54) is 18.2 Å². The third kappa shape index (κ3) is 4.98. The molecule has 0 spiro atoms. The number of amides is 1. The zero-order valence-electron chi connectivity index (χ0n) is 17.6. The van der Waals surface area contributed by atoms with Crippen LogP contribution in [0.3, 0.4) is 0 Å². The van der Waals surface area contributed by atoms with Crippen LogP contribution in [-0.2, 0) is 21.5 Å². The Kier molecular flexibility index (Phi) is 5.47. The molecule has 5 rings (SSSR count). The second-order valence-electron chi connectivity index (χ2n) is 7.93. The van der Waals surface area contributed by atoms with Crippen LogP contribution in [0.1, 0.15) is 18.4 Å². The average molecular weight is 463 g/mol. The van der Waals surface area contributed by atoms with E-state index in [1.54, 1.807) is 24.3 Å². The summed E-state index contributed by atoms with van der Waals surface area (Å²) < 4.78 is 30.8. The first-order valence-electron chi connectivity index (χ1n) is 10.6. The van der Waals surface area contributed by atoms with Gasteiger partial charge in [0.15, 0.2) is 0 Å². The molecule has 1 aliphatic rings. The molecule has 0 aliphatic heterocycles. The Morgan fingerprint density at radius 3 is 2.52 bits per heavy atom. The van der Waals surface area contributed by atoms with Crippen molar-refractivity contribution in [3.63, 3.8) is 0 Å². The van der Waals surface area contributed by atoms with E-state index in [0.717, 1.165) is 24.1 Å². The van der Waals surface area contributed by atoms with E-state index in [9.17, 15) is 13.2 Å². The van der Waals surface area contributed by atoms with E-state index in [1.807, 2.05) is 30.3 Å². The maximum atomic E-state index is 12.7. The van der Waals surface area contributed by atoms with Crippen molar-refractivity contribution in [2.75, 3.05) is 10.6 Å². The fraction of sp³-hybridized carbons (Fsp3) is 0.167. The molecule has 0 unspecified atom stereocenters. The number of nitrogens with zero attached hydrogens (tertiary/aromatic N) is 1. The Morgan fingerprint density at radius 2 is 1.79 bits per heavy atom. The van der Waals surface area contributed by atoms with Gasteiger partial charge in [0.2, 0.25) is 11.9 Å². The van der Waals surface area contributed by atoms with Crippen LogP contribution in [0.15, 0.2) is 77.7 Å². The number of rotatable bonds is 8. The van der Waals surface area contributed by atoms with Crippen molar-refractivity contribution >= 4 is 38.7 Å². The van der Waals surface area contributed by atoms with E-state index >= 15 is 0 Å². The lowest BCUT2D eigenvalue weighted by Crippen LogP contribution is -2.14. The van der Waals surface area contributed by atoms with Gasteiger partial charge in [0, 0.05) is 24.2 Å². The number of imidazole rings is 1. The van der Waals surface area contributed by atoms with Crippen molar-refractivity contribution in [2.24, 2.45) is 5.92 Å². The molecular formula is C24H22N4O4S. The number of hydrogen-bond acceptors (Lipinski definition) is 6. The van der Waals surface area contributed by atoms with E-state index in [0.29, 0.717) is 23.5 Å². The van der Waals surface area contributed by atoms with Gasteiger partial charge in [-0.3, -0.25) is 10.1 Å². The summed E-state index contributed by atoms with van der Waals surface area (Å²) in [5, 5.41) is 6.00. The number of nitrogens with one attached hydrogen (secondary N) is 3. The summed E-state index contributed by atoms with van der Waals surface area (Å²) in [6, 6.07) is 21.0. The summed E-state index contributed by atoms with van der Waals surface area (Å²) >= 11 is 0. The zero-order chi connectivity index (χ0) is 22.8. The fourth-order valence-corrected chi connectivity index (χ4v) is 4.30. The van der Waals surface area contributed by atoms with Gasteiger partial charge in [-0.05, 0) is 54.8 Å². The predicted octanol–water partition coefficient (Wildman–Crippen LogP) is 4.29. The summed E-state index contributed by atoms with van der Waals surface area (Å²) in [6.07, 6.45) is 1.79. The molecular weight excluding hydrogens is 440 g/mol. The van der Waals surface area contributed by atoms with Crippen molar-refractivity contribution in [3.05, 3.63) is 78.4 Å². The Balaban J connectivity index is 1.26. The lowest BCUT2D eigenvalue weighted by molar-refractivity contribution is -0.117. The smallest absolute Gasteiger partial charge is 0.339 e. The normalized spacial score (nSPS) is 13.6. The lowest BCUT2D eigenvalue weighted by atomic mass is 10.2. The van der Waals surface area contributed by atoms with Crippen LogP contribution >= 0.6 is 0 Å². The number of carbonyl (C=O) groups excluding carboxylic acids is 1. The minimum Gasteiger partial charge on any atom is -0.381 e. The molecule has 33 heavy (non-hydrogen) atoms. The van der Waals surface area contributed by atoms with Gasteiger partial charge in [-0.2, -0.15) is 8.42 Å². The molecule has 3 N–H and O–H groups in total. The summed E-state index contributed by atoms with van der Waals surface area (Å²) in [5.41, 5.74) is 3.09. The molecule has 9 heteroatoms. The zero-order valence-corrected chi connectivity index (χ0v) is 18.4. The van der Waals surface area contributed by atoms with Gasteiger partial charge < -0.3 is 14.5 Å². The van der Waals surface area contributed by atoms with Gasteiger partial charge in [-0.15, -0.1) is 0 Å². The van der Waals surface area contributed by atoms with E-state index in [-0.39, 0.29) is 22.5 Å². The first kappa shape index (κ1) is 21.0. The maximum Gasteiger partial charge on any atom is 0.339 e. The van der Waals surface area contributed by atoms with Crippen LogP contribution in [0.2, 0.25) is 0 Å². The molecule has 4 aromatic rings. The highest BCUT2D eigenvalue weighted by Gasteiger charge is 2.30. The number of aromatic nitrogens is 2. The molecule has 1 aromatic heterocycles. The Bertz CT molecular complexity index is 1400. The van der Waals surface area contributed by atoms with Crippen molar-refractivity contribution in [1.29, 1.82) is 0 Å². The number of benzene rings is 3. The van der Waals surface area contributed by atoms with E-state index < -0.39 is 10.1 Å². The number of hydrogen-bond donors (Lipinski definition) is 3. The molecule has 0 bridgehead atoms. The van der Waals surface area contributed by atoms with Gasteiger partial charge in [0.25, 0.3) is 0 Å². The standard InChI is InChI=1S/C24H22N4O4S/c29-23(17-6-7-17)28-24-26-21-13-10-19(14-22(21)27-24)32-33(30,31)20-11-8-18(9-12-20)25-15-16-4-2-1-3-5-16/h1-5,8-14,17,25H,6-7,15H2,(H2,26,27,28,29). The summed E-state index contributed by atoms with van der Waals surface area (Å²) in [7, 11) is -4.01. The minimum absolute atomic E-state index is 0.0508. The number of carbonyl (C=O) groups is 1. The lowest BCUT2D eigenvalue weighted by Gasteiger charge is -2.09. The van der Waals surface area contributed by atoms with Crippen molar-refractivity contribution in [1.82, 2.24) is 9.97 Å². The molecule has 3 aromatic carbocycles. The monoisotopic (exact) mass is 462 g/mol. The van der Waals surface area contributed by atoms with Crippen LogP contribution in [0.5, 0.6) is 5.75 Å². The van der Waals surface area contributed by atoms with Crippen LogP contribution in [0, 0.1) is 5.92 Å². The Hall–Kier alpha value is -3.85. The number of fused-ring (bicyclic) bond motifs is 1. The molecule has 0 radical (unpaired) electrons. The highest BCUT2D eigenvalue weighted by molar-refractivity contribution is 7.87. The van der Waals surface area contributed by atoms with Crippen molar-refractivity contribution in [3.8, 4) is 5.75 Å². The molecule has 1 aliphatic carbocycles. The first-order chi connectivity index (χ1) is 16.0. The van der Waals surface area contributed by atoms with Gasteiger partial charge in [-0.25, -0.2) is 4.98 Å². The van der Waals surface area contributed by atoms with E-state index in [4.69, 9.17) is 4.18 Å². The summed E-state index contributed by atoms with van der Waals surface area (Å²) in [6.45, 7) is 0.636. The number of aromatic amines is 1. The third-order valence-corrected chi connectivity index (χ3v) is 6.59. The first-order valence-corrected chi connectivity index (χ1v) is 12.0. The van der Waals surface area contributed by atoms with Crippen LogP contribution < -0.4 is 14.8 Å². The predicted molar refractivity (Wildman–Crippen MR) is 125 cm³/mol. The molecule has 0 saturated heterocycles. The van der Waals surface area contributed by atoms with Crippen molar-refractivity contribution in [2.45, 2.75) is 24.3 Å². The average Bonchev–Trinajstić information content (AvgIpc) is 3.59. The van der Waals surface area contributed by atoms with Crippen LogP contribution in [0.4, 0.5) is 11.6 Å². The molecule has 1 heterocycles. The number of H-pyrrole nitrogens is 1.